The van der Waals surface area contributed by atoms with E-state index in [2.05, 4.69) is 35.9 Å². The second-order valence-corrected chi connectivity index (χ2v) is 7.66. The number of likely N-dealkylation sites (tertiary alicyclic amines) is 2. The Labute approximate surface area is 166 Å². The zero-order valence-corrected chi connectivity index (χ0v) is 18.4. The predicted octanol–water partition coefficient (Wildman–Crippen LogP) is 3.81. The van der Waals surface area contributed by atoms with Gasteiger partial charge in [-0.1, -0.05) is 13.8 Å². The molecule has 2 aliphatic rings. The van der Waals surface area contributed by atoms with Crippen LogP contribution in [0.5, 0.6) is 0 Å². The maximum Gasteiger partial charge on any atom is 0.193 e. The highest BCUT2D eigenvalue weighted by molar-refractivity contribution is 14.0. The van der Waals surface area contributed by atoms with Gasteiger partial charge < -0.3 is 15.1 Å². The Morgan fingerprint density at radius 1 is 1.04 bits per heavy atom. The van der Waals surface area contributed by atoms with Crippen molar-refractivity contribution < 1.29 is 0 Å². The highest BCUT2D eigenvalue weighted by Gasteiger charge is 2.19. The smallest absolute Gasteiger partial charge is 0.193 e. The lowest BCUT2D eigenvalue weighted by Crippen LogP contribution is -2.46. The average Bonchev–Trinajstić information content (AvgIpc) is 2.55. The lowest BCUT2D eigenvalue weighted by Gasteiger charge is -2.33. The average molecular weight is 450 g/mol. The van der Waals surface area contributed by atoms with Crippen LogP contribution in [-0.4, -0.2) is 61.6 Å². The van der Waals surface area contributed by atoms with Crippen LogP contribution in [0.2, 0.25) is 0 Å². The van der Waals surface area contributed by atoms with Crippen LogP contribution in [0.4, 0.5) is 0 Å². The summed E-state index contributed by atoms with van der Waals surface area (Å²) < 4.78 is 0. The third-order valence-electron chi connectivity index (χ3n) is 5.31. The van der Waals surface area contributed by atoms with Crippen molar-refractivity contribution in [3.8, 4) is 0 Å². The maximum absolute atomic E-state index is 4.88. The summed E-state index contributed by atoms with van der Waals surface area (Å²) in [5, 5.41) is 3.48. The van der Waals surface area contributed by atoms with Crippen LogP contribution in [-0.2, 0) is 0 Å². The van der Waals surface area contributed by atoms with Gasteiger partial charge in [-0.15, -0.1) is 24.0 Å². The molecule has 2 aliphatic heterocycles. The van der Waals surface area contributed by atoms with Crippen LogP contribution < -0.4 is 5.32 Å². The van der Waals surface area contributed by atoms with Crippen LogP contribution in [0.15, 0.2) is 4.99 Å². The first-order chi connectivity index (χ1) is 11.2. The zero-order chi connectivity index (χ0) is 16.5. The lowest BCUT2D eigenvalue weighted by atomic mass is 9.99. The van der Waals surface area contributed by atoms with Gasteiger partial charge in [-0.3, -0.25) is 4.99 Å². The first-order valence-electron chi connectivity index (χ1n) is 9.94. The number of halogens is 1. The molecule has 0 aromatic carbocycles. The van der Waals surface area contributed by atoms with Crippen molar-refractivity contribution in [3.05, 3.63) is 0 Å². The van der Waals surface area contributed by atoms with Crippen molar-refractivity contribution in [1.82, 2.24) is 15.1 Å². The van der Waals surface area contributed by atoms with Gasteiger partial charge in [0.05, 0.1) is 0 Å². The number of hydrogen-bond acceptors (Lipinski definition) is 2. The van der Waals surface area contributed by atoms with E-state index in [1.807, 2.05) is 0 Å². The van der Waals surface area contributed by atoms with Gasteiger partial charge in [0.1, 0.15) is 0 Å². The number of guanidine groups is 1. The Hall–Kier alpha value is -0.0400. The van der Waals surface area contributed by atoms with E-state index in [0.29, 0.717) is 0 Å². The molecule has 24 heavy (non-hydrogen) atoms. The van der Waals surface area contributed by atoms with E-state index in [1.165, 1.54) is 64.7 Å². The first-order valence-corrected chi connectivity index (χ1v) is 9.94. The third-order valence-corrected chi connectivity index (χ3v) is 5.31. The normalized spacial score (nSPS) is 23.9. The summed E-state index contributed by atoms with van der Waals surface area (Å²) in [6.45, 7) is 15.1. The molecule has 4 nitrogen and oxygen atoms in total. The van der Waals surface area contributed by atoms with Gasteiger partial charge in [-0.05, 0) is 76.9 Å². The number of nitrogens with zero attached hydrogens (tertiary/aromatic N) is 3. The second-order valence-electron chi connectivity index (χ2n) is 7.66. The molecule has 0 bridgehead atoms. The summed E-state index contributed by atoms with van der Waals surface area (Å²) in [4.78, 5) is 9.98. The van der Waals surface area contributed by atoms with Gasteiger partial charge in [0.25, 0.3) is 0 Å². The molecule has 2 fully saturated rings. The molecule has 0 aromatic heterocycles. The fraction of sp³-hybridized carbons (Fsp3) is 0.947. The molecule has 1 N–H and O–H groups in total. The molecular weight excluding hydrogens is 411 g/mol. The van der Waals surface area contributed by atoms with Crippen molar-refractivity contribution in [3.63, 3.8) is 0 Å². The minimum Gasteiger partial charge on any atom is -0.357 e. The van der Waals surface area contributed by atoms with Crippen molar-refractivity contribution in [2.24, 2.45) is 16.8 Å². The number of nitrogens with one attached hydrogen (secondary N) is 1. The van der Waals surface area contributed by atoms with E-state index < -0.39 is 0 Å². The number of aliphatic imine (C=N–C) groups is 1. The number of unbranched alkanes of at least 4 members (excludes halogenated alkanes) is 1. The highest BCUT2D eigenvalue weighted by Crippen LogP contribution is 2.17. The lowest BCUT2D eigenvalue weighted by molar-refractivity contribution is 0.190. The molecule has 1 unspecified atom stereocenters. The Kier molecular flexibility index (Phi) is 11.3. The summed E-state index contributed by atoms with van der Waals surface area (Å²) >= 11 is 0. The van der Waals surface area contributed by atoms with E-state index in [0.717, 1.165) is 37.4 Å². The third kappa shape index (κ3) is 7.89. The topological polar surface area (TPSA) is 30.9 Å². The Bertz CT molecular complexity index is 353. The summed E-state index contributed by atoms with van der Waals surface area (Å²) in [6.07, 6.45) is 7.94. The van der Waals surface area contributed by atoms with Gasteiger partial charge >= 0.3 is 0 Å². The molecule has 2 rings (SSSR count). The Morgan fingerprint density at radius 2 is 1.79 bits per heavy atom. The molecular formula is C19H39IN4. The van der Waals surface area contributed by atoms with Crippen LogP contribution in [0.25, 0.3) is 0 Å². The highest BCUT2D eigenvalue weighted by atomic mass is 127. The monoisotopic (exact) mass is 450 g/mol. The summed E-state index contributed by atoms with van der Waals surface area (Å²) in [7, 11) is 0. The zero-order valence-electron chi connectivity index (χ0n) is 16.1. The van der Waals surface area contributed by atoms with Gasteiger partial charge in [-0.25, -0.2) is 0 Å². The summed E-state index contributed by atoms with van der Waals surface area (Å²) in [5.41, 5.74) is 0. The number of rotatable bonds is 6. The molecule has 0 spiro atoms. The van der Waals surface area contributed by atoms with Gasteiger partial charge in [0, 0.05) is 26.2 Å². The van der Waals surface area contributed by atoms with Crippen molar-refractivity contribution >= 4 is 29.9 Å². The Morgan fingerprint density at radius 3 is 2.46 bits per heavy atom. The van der Waals surface area contributed by atoms with E-state index in [4.69, 9.17) is 4.99 Å². The van der Waals surface area contributed by atoms with E-state index in [-0.39, 0.29) is 24.0 Å². The van der Waals surface area contributed by atoms with Crippen molar-refractivity contribution in [2.45, 2.75) is 59.3 Å². The molecule has 0 aromatic rings. The number of piperidine rings is 2. The van der Waals surface area contributed by atoms with Crippen LogP contribution in [0.3, 0.4) is 0 Å². The van der Waals surface area contributed by atoms with Crippen LogP contribution in [0.1, 0.15) is 59.3 Å². The standard InChI is InChI=1S/C19H38N4.HI/c1-4-20-19(23-13-7-8-18(3)16-23)21-11-5-6-12-22-14-9-17(2)10-15-22;/h17-18H,4-16H2,1-3H3,(H,20,21);1H. The minimum atomic E-state index is 0. The molecule has 5 heteroatoms. The van der Waals surface area contributed by atoms with E-state index >= 15 is 0 Å². The van der Waals surface area contributed by atoms with Gasteiger partial charge in [0.2, 0.25) is 0 Å². The second kappa shape index (κ2) is 12.3. The van der Waals surface area contributed by atoms with E-state index in [1.54, 1.807) is 0 Å². The quantitative estimate of drug-likeness (QED) is 0.289. The molecule has 142 valence electrons. The van der Waals surface area contributed by atoms with Crippen molar-refractivity contribution in [2.75, 3.05) is 45.8 Å². The largest absolute Gasteiger partial charge is 0.357 e. The molecule has 0 amide bonds. The van der Waals surface area contributed by atoms with Crippen LogP contribution in [0, 0.1) is 11.8 Å². The maximum atomic E-state index is 4.88. The van der Waals surface area contributed by atoms with E-state index in [9.17, 15) is 0 Å². The fourth-order valence-electron chi connectivity index (χ4n) is 3.73. The summed E-state index contributed by atoms with van der Waals surface area (Å²) in [5.74, 6) is 2.88. The first kappa shape index (κ1) is 22.0. The van der Waals surface area contributed by atoms with Gasteiger partial charge in [-0.2, -0.15) is 0 Å². The van der Waals surface area contributed by atoms with Crippen molar-refractivity contribution in [1.29, 1.82) is 0 Å². The van der Waals surface area contributed by atoms with Gasteiger partial charge in [0.15, 0.2) is 5.96 Å². The predicted molar refractivity (Wildman–Crippen MR) is 115 cm³/mol. The Balaban J connectivity index is 0.00000288. The number of hydrogen-bond donors (Lipinski definition) is 1. The molecule has 0 radical (unpaired) electrons. The summed E-state index contributed by atoms with van der Waals surface area (Å²) in [6, 6.07) is 0. The minimum absolute atomic E-state index is 0. The molecule has 1 atom stereocenters. The molecule has 0 saturated carbocycles. The molecule has 2 heterocycles. The van der Waals surface area contributed by atoms with Crippen LogP contribution >= 0.6 is 24.0 Å². The molecule has 0 aliphatic carbocycles. The fourth-order valence-corrected chi connectivity index (χ4v) is 3.73. The SMILES string of the molecule is CCNC(=NCCCCN1CCC(C)CC1)N1CCCC(C)C1.I. The molecule has 2 saturated heterocycles.